The van der Waals surface area contributed by atoms with Gasteiger partial charge in [0.15, 0.2) is 0 Å². The van der Waals surface area contributed by atoms with E-state index in [0.29, 0.717) is 13.1 Å². The van der Waals surface area contributed by atoms with Gasteiger partial charge in [-0.1, -0.05) is 11.6 Å². The van der Waals surface area contributed by atoms with Gasteiger partial charge in [-0.25, -0.2) is 0 Å². The molecule has 0 amide bonds. The van der Waals surface area contributed by atoms with Crippen LogP contribution >= 0.6 is 11.6 Å². The molecular weight excluding hydrogens is 279 g/mol. The molecule has 0 saturated heterocycles. The SMILES string of the molecule is CCN(CCC#N)c1cc(C(F)(F)F)c(N)cc1Cl. The molecular formula is C12H13ClF3N3. The fourth-order valence-corrected chi connectivity index (χ4v) is 1.99. The Morgan fingerprint density at radius 2 is 2.05 bits per heavy atom. The van der Waals surface area contributed by atoms with E-state index < -0.39 is 17.4 Å². The van der Waals surface area contributed by atoms with Crippen LogP contribution in [0.2, 0.25) is 5.02 Å². The second-order valence-electron chi connectivity index (χ2n) is 3.88. The zero-order chi connectivity index (χ0) is 14.6. The highest BCUT2D eigenvalue weighted by molar-refractivity contribution is 6.33. The zero-order valence-electron chi connectivity index (χ0n) is 10.3. The molecule has 0 aromatic heterocycles. The van der Waals surface area contributed by atoms with E-state index in [9.17, 15) is 13.2 Å². The fraction of sp³-hybridized carbons (Fsp3) is 0.417. The van der Waals surface area contributed by atoms with Gasteiger partial charge < -0.3 is 10.6 Å². The van der Waals surface area contributed by atoms with Crippen LogP contribution in [0.3, 0.4) is 0 Å². The predicted octanol–water partition coefficient (Wildman–Crippen LogP) is 3.68. The van der Waals surface area contributed by atoms with Crippen molar-refractivity contribution in [3.05, 3.63) is 22.7 Å². The second kappa shape index (κ2) is 6.02. The number of benzene rings is 1. The molecule has 0 aliphatic rings. The number of anilines is 2. The van der Waals surface area contributed by atoms with Crippen molar-refractivity contribution >= 4 is 23.0 Å². The third kappa shape index (κ3) is 3.67. The van der Waals surface area contributed by atoms with Crippen LogP contribution in [-0.2, 0) is 6.18 Å². The van der Waals surface area contributed by atoms with Crippen molar-refractivity contribution in [3.63, 3.8) is 0 Å². The van der Waals surface area contributed by atoms with Crippen LogP contribution in [0.4, 0.5) is 24.5 Å². The molecule has 0 spiro atoms. The maximum Gasteiger partial charge on any atom is 0.418 e. The van der Waals surface area contributed by atoms with Crippen LogP contribution in [-0.4, -0.2) is 13.1 Å². The summed E-state index contributed by atoms with van der Waals surface area (Å²) in [6.45, 7) is 2.54. The molecule has 0 saturated carbocycles. The van der Waals surface area contributed by atoms with E-state index in [-0.39, 0.29) is 17.1 Å². The Kier molecular flexibility index (Phi) is 4.90. The lowest BCUT2D eigenvalue weighted by molar-refractivity contribution is -0.136. The van der Waals surface area contributed by atoms with Gasteiger partial charge in [0.05, 0.1) is 28.8 Å². The van der Waals surface area contributed by atoms with Gasteiger partial charge >= 0.3 is 6.18 Å². The van der Waals surface area contributed by atoms with Crippen LogP contribution in [0.25, 0.3) is 0 Å². The van der Waals surface area contributed by atoms with Gasteiger partial charge in [-0.3, -0.25) is 0 Å². The quantitative estimate of drug-likeness (QED) is 0.861. The first-order valence-electron chi connectivity index (χ1n) is 5.59. The fourth-order valence-electron chi connectivity index (χ4n) is 1.70. The van der Waals surface area contributed by atoms with E-state index in [1.54, 1.807) is 11.8 Å². The van der Waals surface area contributed by atoms with E-state index in [1.165, 1.54) is 0 Å². The van der Waals surface area contributed by atoms with Crippen LogP contribution in [0.15, 0.2) is 12.1 Å². The Labute approximate surface area is 114 Å². The molecule has 1 rings (SSSR count). The molecule has 0 aliphatic carbocycles. The largest absolute Gasteiger partial charge is 0.418 e. The molecule has 1 aromatic carbocycles. The monoisotopic (exact) mass is 291 g/mol. The smallest absolute Gasteiger partial charge is 0.398 e. The minimum Gasteiger partial charge on any atom is -0.398 e. The van der Waals surface area contributed by atoms with Crippen molar-refractivity contribution in [3.8, 4) is 6.07 Å². The highest BCUT2D eigenvalue weighted by Gasteiger charge is 2.34. The van der Waals surface area contributed by atoms with Gasteiger partial charge in [0.1, 0.15) is 0 Å². The number of nitrogen functional groups attached to an aromatic ring is 1. The van der Waals surface area contributed by atoms with Crippen molar-refractivity contribution in [1.29, 1.82) is 5.26 Å². The van der Waals surface area contributed by atoms with Crippen molar-refractivity contribution in [2.45, 2.75) is 19.5 Å². The van der Waals surface area contributed by atoms with Gasteiger partial charge in [-0.05, 0) is 19.1 Å². The van der Waals surface area contributed by atoms with E-state index in [2.05, 4.69) is 0 Å². The molecule has 0 heterocycles. The maximum absolute atomic E-state index is 12.8. The van der Waals surface area contributed by atoms with Crippen molar-refractivity contribution < 1.29 is 13.2 Å². The number of halogens is 4. The standard InChI is InChI=1S/C12H13ClF3N3/c1-2-19(5-3-4-17)11-6-8(12(14,15)16)10(18)7-9(11)13/h6-7H,2-3,5,18H2,1H3. The maximum atomic E-state index is 12.8. The molecule has 0 bridgehead atoms. The molecule has 0 unspecified atom stereocenters. The average molecular weight is 292 g/mol. The number of nitrogens with zero attached hydrogens (tertiary/aromatic N) is 2. The minimum atomic E-state index is -4.53. The number of nitrogens with two attached hydrogens (primary N) is 1. The van der Waals surface area contributed by atoms with E-state index in [1.807, 2.05) is 6.07 Å². The summed E-state index contributed by atoms with van der Waals surface area (Å²) in [5, 5.41) is 8.69. The molecule has 3 nitrogen and oxygen atoms in total. The number of rotatable bonds is 4. The van der Waals surface area contributed by atoms with E-state index >= 15 is 0 Å². The zero-order valence-corrected chi connectivity index (χ0v) is 11.0. The first-order valence-corrected chi connectivity index (χ1v) is 5.97. The highest BCUT2D eigenvalue weighted by Crippen LogP contribution is 2.39. The Morgan fingerprint density at radius 1 is 1.42 bits per heavy atom. The van der Waals surface area contributed by atoms with Gasteiger partial charge in [-0.15, -0.1) is 0 Å². The Balaban J connectivity index is 3.24. The molecule has 1 aromatic rings. The average Bonchev–Trinajstić information content (AvgIpc) is 2.30. The molecule has 2 N–H and O–H groups in total. The molecule has 0 radical (unpaired) electrons. The van der Waals surface area contributed by atoms with Crippen LogP contribution in [0, 0.1) is 11.3 Å². The van der Waals surface area contributed by atoms with Crippen LogP contribution in [0.5, 0.6) is 0 Å². The highest BCUT2D eigenvalue weighted by atomic mass is 35.5. The summed E-state index contributed by atoms with van der Waals surface area (Å²) in [5.74, 6) is 0. The normalized spacial score (nSPS) is 11.2. The molecule has 19 heavy (non-hydrogen) atoms. The summed E-state index contributed by atoms with van der Waals surface area (Å²) < 4.78 is 38.4. The first kappa shape index (κ1) is 15.4. The van der Waals surface area contributed by atoms with Crippen molar-refractivity contribution in [1.82, 2.24) is 0 Å². The van der Waals surface area contributed by atoms with E-state index in [0.717, 1.165) is 12.1 Å². The Hall–Kier alpha value is -1.61. The number of hydrogen-bond donors (Lipinski definition) is 1. The van der Waals surface area contributed by atoms with Gasteiger partial charge in [0.2, 0.25) is 0 Å². The summed E-state index contributed by atoms with van der Waals surface area (Å²) in [5.41, 5.74) is 4.26. The molecule has 0 atom stereocenters. The first-order chi connectivity index (χ1) is 8.81. The summed E-state index contributed by atoms with van der Waals surface area (Å²) in [7, 11) is 0. The Morgan fingerprint density at radius 3 is 2.53 bits per heavy atom. The summed E-state index contributed by atoms with van der Waals surface area (Å²) >= 11 is 5.93. The minimum absolute atomic E-state index is 0.144. The van der Waals surface area contributed by atoms with Gasteiger partial charge in [-0.2, -0.15) is 18.4 Å². The summed E-state index contributed by atoms with van der Waals surface area (Å²) in [6.07, 6.45) is -4.33. The second-order valence-corrected chi connectivity index (χ2v) is 4.28. The molecule has 0 fully saturated rings. The lowest BCUT2D eigenvalue weighted by Crippen LogP contribution is -2.24. The predicted molar refractivity (Wildman–Crippen MR) is 69.0 cm³/mol. The lowest BCUT2D eigenvalue weighted by atomic mass is 10.1. The van der Waals surface area contributed by atoms with Gasteiger partial charge in [0.25, 0.3) is 0 Å². The topological polar surface area (TPSA) is 53.0 Å². The third-order valence-electron chi connectivity index (χ3n) is 2.64. The summed E-state index contributed by atoms with van der Waals surface area (Å²) in [6, 6.07) is 3.97. The number of hydrogen-bond acceptors (Lipinski definition) is 3. The Bertz CT molecular complexity index is 494. The molecule has 7 heteroatoms. The van der Waals surface area contributed by atoms with E-state index in [4.69, 9.17) is 22.6 Å². The van der Waals surface area contributed by atoms with Crippen LogP contribution in [0.1, 0.15) is 18.9 Å². The summed E-state index contributed by atoms with van der Waals surface area (Å²) in [4.78, 5) is 1.61. The van der Waals surface area contributed by atoms with Crippen molar-refractivity contribution in [2.24, 2.45) is 0 Å². The van der Waals surface area contributed by atoms with Crippen molar-refractivity contribution in [2.75, 3.05) is 23.7 Å². The third-order valence-corrected chi connectivity index (χ3v) is 2.94. The van der Waals surface area contributed by atoms with Crippen LogP contribution < -0.4 is 10.6 Å². The number of nitriles is 1. The molecule has 0 aliphatic heterocycles. The van der Waals surface area contributed by atoms with Gasteiger partial charge in [0, 0.05) is 18.8 Å². The lowest BCUT2D eigenvalue weighted by Gasteiger charge is -2.24. The molecule has 104 valence electrons. The number of alkyl halides is 3.